The summed E-state index contributed by atoms with van der Waals surface area (Å²) in [5, 5.41) is 22.0. The van der Waals surface area contributed by atoms with Gasteiger partial charge in [0.2, 0.25) is 0 Å². The minimum Gasteiger partial charge on any atom is -0.507 e. The Morgan fingerprint density at radius 1 is 1.30 bits per heavy atom. The molecule has 1 saturated carbocycles. The van der Waals surface area contributed by atoms with Crippen molar-refractivity contribution in [1.29, 1.82) is 0 Å². The van der Waals surface area contributed by atoms with Crippen molar-refractivity contribution in [3.63, 3.8) is 0 Å². The van der Waals surface area contributed by atoms with Crippen LogP contribution in [0.15, 0.2) is 18.2 Å². The van der Waals surface area contributed by atoms with Crippen LogP contribution >= 0.6 is 0 Å². The zero-order valence-electron chi connectivity index (χ0n) is 11.9. The van der Waals surface area contributed by atoms with Gasteiger partial charge in [0.1, 0.15) is 5.75 Å². The molecule has 0 bridgehead atoms. The predicted molar refractivity (Wildman–Crippen MR) is 77.7 cm³/mol. The molecule has 2 atom stereocenters. The van der Waals surface area contributed by atoms with Crippen LogP contribution in [0.3, 0.4) is 0 Å². The lowest BCUT2D eigenvalue weighted by Crippen LogP contribution is -2.35. The average Bonchev–Trinajstić information content (AvgIpc) is 2.47. The third kappa shape index (κ3) is 3.51. The van der Waals surface area contributed by atoms with Crippen LogP contribution in [0.25, 0.3) is 0 Å². The number of aromatic hydroxyl groups is 1. The van der Waals surface area contributed by atoms with Crippen LogP contribution < -0.4 is 5.32 Å². The van der Waals surface area contributed by atoms with Gasteiger partial charge in [-0.05, 0) is 43.7 Å². The Morgan fingerprint density at radius 2 is 2.00 bits per heavy atom. The van der Waals surface area contributed by atoms with Gasteiger partial charge in [-0.15, -0.1) is 0 Å². The van der Waals surface area contributed by atoms with Gasteiger partial charge in [0, 0.05) is 13.2 Å². The number of carbonyl (C=O) groups excluding carboxylic acids is 1. The number of carbonyl (C=O) groups is 1. The van der Waals surface area contributed by atoms with Crippen LogP contribution in [-0.2, 0) is 0 Å². The molecule has 0 aromatic heterocycles. The summed E-state index contributed by atoms with van der Waals surface area (Å²) in [5.41, 5.74) is 1.26. The minimum atomic E-state index is -0.242. The van der Waals surface area contributed by atoms with E-state index in [1.54, 1.807) is 18.2 Å². The molecule has 4 nitrogen and oxygen atoms in total. The van der Waals surface area contributed by atoms with E-state index in [0.29, 0.717) is 18.0 Å². The van der Waals surface area contributed by atoms with Crippen molar-refractivity contribution in [2.24, 2.45) is 11.8 Å². The topological polar surface area (TPSA) is 69.6 Å². The summed E-state index contributed by atoms with van der Waals surface area (Å²) in [4.78, 5) is 12.1. The Bertz CT molecular complexity index is 473. The number of hydrogen-bond acceptors (Lipinski definition) is 3. The SMILES string of the molecule is Cc1ccc(O)c(C(=O)NCC2CCCCC2CO)c1. The second-order valence-corrected chi connectivity index (χ2v) is 5.72. The lowest BCUT2D eigenvalue weighted by atomic mass is 9.79. The fourth-order valence-corrected chi connectivity index (χ4v) is 2.94. The van der Waals surface area contributed by atoms with Gasteiger partial charge in [0.25, 0.3) is 5.91 Å². The first kappa shape index (κ1) is 14.9. The van der Waals surface area contributed by atoms with Crippen LogP contribution in [-0.4, -0.2) is 29.3 Å². The van der Waals surface area contributed by atoms with Crippen LogP contribution in [0.1, 0.15) is 41.6 Å². The van der Waals surface area contributed by atoms with Crippen LogP contribution in [0.5, 0.6) is 5.75 Å². The smallest absolute Gasteiger partial charge is 0.255 e. The first-order chi connectivity index (χ1) is 9.61. The monoisotopic (exact) mass is 277 g/mol. The molecular formula is C16H23NO3. The largest absolute Gasteiger partial charge is 0.507 e. The summed E-state index contributed by atoms with van der Waals surface area (Å²) in [6.45, 7) is 2.65. The van der Waals surface area contributed by atoms with Gasteiger partial charge in [-0.1, -0.05) is 24.5 Å². The first-order valence-corrected chi connectivity index (χ1v) is 7.30. The number of rotatable bonds is 4. The third-order valence-corrected chi connectivity index (χ3v) is 4.22. The molecule has 110 valence electrons. The third-order valence-electron chi connectivity index (χ3n) is 4.22. The number of phenolic OH excluding ortho intramolecular Hbond substituents is 1. The van der Waals surface area contributed by atoms with Crippen molar-refractivity contribution in [2.75, 3.05) is 13.2 Å². The lowest BCUT2D eigenvalue weighted by Gasteiger charge is -2.30. The van der Waals surface area contributed by atoms with Crippen molar-refractivity contribution < 1.29 is 15.0 Å². The van der Waals surface area contributed by atoms with Gasteiger partial charge >= 0.3 is 0 Å². The fourth-order valence-electron chi connectivity index (χ4n) is 2.94. The Kier molecular flexibility index (Phi) is 5.01. The molecule has 0 heterocycles. The van der Waals surface area contributed by atoms with Gasteiger partial charge in [-0.3, -0.25) is 4.79 Å². The number of aliphatic hydroxyl groups excluding tert-OH is 1. The molecule has 0 spiro atoms. The summed E-state index contributed by atoms with van der Waals surface area (Å²) in [5.74, 6) is 0.392. The van der Waals surface area contributed by atoms with E-state index in [9.17, 15) is 15.0 Å². The normalized spacial score (nSPS) is 22.5. The highest BCUT2D eigenvalue weighted by Gasteiger charge is 2.25. The molecule has 20 heavy (non-hydrogen) atoms. The number of aryl methyl sites for hydroxylation is 1. The minimum absolute atomic E-state index is 0.00968. The van der Waals surface area contributed by atoms with E-state index < -0.39 is 0 Å². The second kappa shape index (κ2) is 6.75. The molecule has 2 rings (SSSR count). The summed E-state index contributed by atoms with van der Waals surface area (Å²) in [7, 11) is 0. The molecule has 4 heteroatoms. The average molecular weight is 277 g/mol. The Balaban J connectivity index is 1.96. The van der Waals surface area contributed by atoms with Crippen LogP contribution in [0, 0.1) is 18.8 Å². The van der Waals surface area contributed by atoms with Crippen molar-refractivity contribution in [2.45, 2.75) is 32.6 Å². The lowest BCUT2D eigenvalue weighted by molar-refractivity contribution is 0.0906. The van der Waals surface area contributed by atoms with Crippen molar-refractivity contribution in [3.8, 4) is 5.75 Å². The molecule has 0 radical (unpaired) electrons. The van der Waals surface area contributed by atoms with Gasteiger partial charge in [0.15, 0.2) is 0 Å². The van der Waals surface area contributed by atoms with E-state index in [-0.39, 0.29) is 24.2 Å². The Hall–Kier alpha value is -1.55. The summed E-state index contributed by atoms with van der Waals surface area (Å²) in [6.07, 6.45) is 4.40. The standard InChI is InChI=1S/C16H23NO3/c1-11-6-7-15(19)14(8-11)16(20)17-9-12-4-2-3-5-13(12)10-18/h6-8,12-13,18-19H,2-5,9-10H2,1H3,(H,17,20). The van der Waals surface area contributed by atoms with Crippen LogP contribution in [0.4, 0.5) is 0 Å². The molecule has 1 aliphatic rings. The molecule has 0 saturated heterocycles. The number of phenols is 1. The quantitative estimate of drug-likeness (QED) is 0.790. The van der Waals surface area contributed by atoms with E-state index in [0.717, 1.165) is 31.2 Å². The zero-order valence-corrected chi connectivity index (χ0v) is 11.9. The molecule has 1 aromatic rings. The summed E-state index contributed by atoms with van der Waals surface area (Å²) >= 11 is 0. The maximum atomic E-state index is 12.1. The number of aliphatic hydroxyl groups is 1. The highest BCUT2D eigenvalue weighted by atomic mass is 16.3. The van der Waals surface area contributed by atoms with Crippen LogP contribution in [0.2, 0.25) is 0 Å². The van der Waals surface area contributed by atoms with E-state index >= 15 is 0 Å². The van der Waals surface area contributed by atoms with E-state index in [1.807, 2.05) is 6.92 Å². The van der Waals surface area contributed by atoms with Gasteiger partial charge in [-0.2, -0.15) is 0 Å². The van der Waals surface area contributed by atoms with Gasteiger partial charge in [0.05, 0.1) is 5.56 Å². The molecule has 1 aliphatic carbocycles. The molecule has 1 fully saturated rings. The molecule has 2 unspecified atom stereocenters. The number of hydrogen-bond donors (Lipinski definition) is 3. The number of nitrogens with one attached hydrogen (secondary N) is 1. The molecule has 1 aromatic carbocycles. The zero-order chi connectivity index (χ0) is 14.5. The van der Waals surface area contributed by atoms with E-state index in [2.05, 4.69) is 5.32 Å². The van der Waals surface area contributed by atoms with Crippen molar-refractivity contribution in [1.82, 2.24) is 5.32 Å². The van der Waals surface area contributed by atoms with Crippen molar-refractivity contribution >= 4 is 5.91 Å². The second-order valence-electron chi connectivity index (χ2n) is 5.72. The number of amides is 1. The summed E-state index contributed by atoms with van der Waals surface area (Å²) in [6, 6.07) is 5.01. The highest BCUT2D eigenvalue weighted by molar-refractivity contribution is 5.96. The fraction of sp³-hybridized carbons (Fsp3) is 0.562. The van der Waals surface area contributed by atoms with Crippen molar-refractivity contribution in [3.05, 3.63) is 29.3 Å². The maximum absolute atomic E-state index is 12.1. The predicted octanol–water partition coefficient (Wildman–Crippen LogP) is 2.23. The van der Waals surface area contributed by atoms with Gasteiger partial charge in [-0.25, -0.2) is 0 Å². The molecule has 0 aliphatic heterocycles. The molecule has 1 amide bonds. The van der Waals surface area contributed by atoms with Gasteiger partial charge < -0.3 is 15.5 Å². The first-order valence-electron chi connectivity index (χ1n) is 7.30. The summed E-state index contributed by atoms with van der Waals surface area (Å²) < 4.78 is 0. The maximum Gasteiger partial charge on any atom is 0.255 e. The highest BCUT2D eigenvalue weighted by Crippen LogP contribution is 2.29. The molecule has 3 N–H and O–H groups in total. The molecular weight excluding hydrogens is 254 g/mol. The Labute approximate surface area is 119 Å². The van der Waals surface area contributed by atoms with E-state index in [4.69, 9.17) is 0 Å². The van der Waals surface area contributed by atoms with E-state index in [1.165, 1.54) is 0 Å². The Morgan fingerprint density at radius 3 is 2.70 bits per heavy atom. The number of benzene rings is 1.